The van der Waals surface area contributed by atoms with Crippen molar-refractivity contribution in [1.82, 2.24) is 15.5 Å². The summed E-state index contributed by atoms with van der Waals surface area (Å²) in [6.45, 7) is 7.80. The number of hydrogen-bond acceptors (Lipinski definition) is 4. The lowest BCUT2D eigenvalue weighted by Crippen LogP contribution is -2.48. The largest absolute Gasteiger partial charge is 0.468 e. The van der Waals surface area contributed by atoms with Crippen LogP contribution in [-0.4, -0.2) is 56.8 Å². The van der Waals surface area contributed by atoms with E-state index in [0.29, 0.717) is 6.54 Å². The highest BCUT2D eigenvalue weighted by molar-refractivity contribution is 5.79. The van der Waals surface area contributed by atoms with E-state index in [-0.39, 0.29) is 11.6 Å². The molecule has 1 aromatic heterocycles. The van der Waals surface area contributed by atoms with E-state index in [0.717, 1.165) is 31.4 Å². The van der Waals surface area contributed by atoms with E-state index in [1.54, 1.807) is 20.4 Å². The van der Waals surface area contributed by atoms with Gasteiger partial charge in [-0.05, 0) is 51.9 Å². The fourth-order valence-corrected chi connectivity index (χ4v) is 2.90. The first kappa shape index (κ1) is 18.8. The first-order chi connectivity index (χ1) is 11.6. The summed E-state index contributed by atoms with van der Waals surface area (Å²) in [4.78, 5) is 6.82. The van der Waals surface area contributed by atoms with Crippen LogP contribution in [0.4, 0.5) is 0 Å². The maximum Gasteiger partial charge on any atom is 0.191 e. The number of ether oxygens (including phenoxy) is 1. The fourth-order valence-electron chi connectivity index (χ4n) is 2.90. The Balaban J connectivity index is 1.93. The number of rotatable bonds is 7. The zero-order valence-corrected chi connectivity index (χ0v) is 15.5. The number of aliphatic imine (C=N–C) groups is 1. The molecule has 2 rings (SSSR count). The van der Waals surface area contributed by atoms with Crippen LogP contribution in [-0.2, 0) is 4.74 Å². The lowest BCUT2D eigenvalue weighted by molar-refractivity contribution is 0.0268. The average Bonchev–Trinajstić information content (AvgIpc) is 3.13. The number of furan rings is 1. The minimum atomic E-state index is -0.231. The van der Waals surface area contributed by atoms with E-state index < -0.39 is 0 Å². The van der Waals surface area contributed by atoms with Crippen LogP contribution >= 0.6 is 0 Å². The monoisotopic (exact) mass is 336 g/mol. The number of nitrogens with zero attached hydrogens (tertiary/aromatic N) is 2. The molecule has 1 saturated heterocycles. The predicted molar refractivity (Wildman–Crippen MR) is 97.3 cm³/mol. The molecular formula is C18H32N4O2. The molecule has 1 atom stereocenters. The zero-order chi connectivity index (χ0) is 17.4. The molecule has 1 aliphatic rings. The molecule has 2 heterocycles. The van der Waals surface area contributed by atoms with Crippen molar-refractivity contribution in [2.24, 2.45) is 4.99 Å². The van der Waals surface area contributed by atoms with Crippen molar-refractivity contribution in [2.45, 2.75) is 44.8 Å². The van der Waals surface area contributed by atoms with E-state index >= 15 is 0 Å². The van der Waals surface area contributed by atoms with E-state index in [2.05, 4.69) is 26.6 Å². The van der Waals surface area contributed by atoms with Gasteiger partial charge in [-0.3, -0.25) is 9.89 Å². The number of methoxy groups -OCH3 is 1. The molecule has 6 heteroatoms. The summed E-state index contributed by atoms with van der Waals surface area (Å²) in [6.07, 6.45) is 5.59. The summed E-state index contributed by atoms with van der Waals surface area (Å²) in [6, 6.07) is 4.25. The molecule has 0 bridgehead atoms. The van der Waals surface area contributed by atoms with Gasteiger partial charge in [-0.2, -0.15) is 0 Å². The Morgan fingerprint density at radius 2 is 2.08 bits per heavy atom. The van der Waals surface area contributed by atoms with Crippen molar-refractivity contribution in [3.8, 4) is 0 Å². The van der Waals surface area contributed by atoms with Gasteiger partial charge in [-0.1, -0.05) is 6.42 Å². The molecule has 1 aliphatic heterocycles. The van der Waals surface area contributed by atoms with Crippen LogP contribution < -0.4 is 10.6 Å². The lowest BCUT2D eigenvalue weighted by Gasteiger charge is -2.34. The summed E-state index contributed by atoms with van der Waals surface area (Å²) in [5.41, 5.74) is -0.231. The van der Waals surface area contributed by atoms with Gasteiger partial charge in [0.1, 0.15) is 5.76 Å². The Kier molecular flexibility index (Phi) is 7.12. The quantitative estimate of drug-likeness (QED) is 0.591. The highest BCUT2D eigenvalue weighted by atomic mass is 16.5. The van der Waals surface area contributed by atoms with E-state index in [1.807, 2.05) is 19.9 Å². The van der Waals surface area contributed by atoms with Gasteiger partial charge < -0.3 is 19.8 Å². The van der Waals surface area contributed by atoms with Crippen molar-refractivity contribution < 1.29 is 9.15 Å². The molecule has 1 fully saturated rings. The smallest absolute Gasteiger partial charge is 0.191 e. The molecular weight excluding hydrogens is 304 g/mol. The summed E-state index contributed by atoms with van der Waals surface area (Å²) >= 11 is 0. The highest BCUT2D eigenvalue weighted by Crippen LogP contribution is 2.24. The molecule has 0 amide bonds. The van der Waals surface area contributed by atoms with E-state index in [1.165, 1.54) is 19.3 Å². The molecule has 2 N–H and O–H groups in total. The second-order valence-corrected chi connectivity index (χ2v) is 6.90. The third-order valence-corrected chi connectivity index (χ3v) is 4.62. The average molecular weight is 336 g/mol. The predicted octanol–water partition coefficient (Wildman–Crippen LogP) is 2.40. The molecule has 0 saturated carbocycles. The summed E-state index contributed by atoms with van der Waals surface area (Å²) in [7, 11) is 3.51. The van der Waals surface area contributed by atoms with Crippen LogP contribution in [0.5, 0.6) is 0 Å². The van der Waals surface area contributed by atoms with Gasteiger partial charge in [-0.25, -0.2) is 0 Å². The minimum absolute atomic E-state index is 0.231. The highest BCUT2D eigenvalue weighted by Gasteiger charge is 2.25. The summed E-state index contributed by atoms with van der Waals surface area (Å²) in [5.74, 6) is 1.80. The van der Waals surface area contributed by atoms with Gasteiger partial charge in [0.15, 0.2) is 5.96 Å². The molecule has 1 unspecified atom stereocenters. The first-order valence-electron chi connectivity index (χ1n) is 8.83. The van der Waals surface area contributed by atoms with Crippen molar-refractivity contribution >= 4 is 5.96 Å². The van der Waals surface area contributed by atoms with Crippen LogP contribution in [0.25, 0.3) is 0 Å². The second kappa shape index (κ2) is 9.08. The normalized spacial score (nSPS) is 18.4. The van der Waals surface area contributed by atoms with Gasteiger partial charge in [0, 0.05) is 27.2 Å². The van der Waals surface area contributed by atoms with Crippen molar-refractivity contribution in [2.75, 3.05) is 40.3 Å². The summed E-state index contributed by atoms with van der Waals surface area (Å²) in [5, 5.41) is 6.76. The van der Waals surface area contributed by atoms with Crippen LogP contribution in [0.3, 0.4) is 0 Å². The third kappa shape index (κ3) is 5.53. The Labute approximate surface area is 145 Å². The van der Waals surface area contributed by atoms with Crippen molar-refractivity contribution in [3.05, 3.63) is 24.2 Å². The van der Waals surface area contributed by atoms with Crippen molar-refractivity contribution in [1.29, 1.82) is 0 Å². The van der Waals surface area contributed by atoms with Gasteiger partial charge in [-0.15, -0.1) is 0 Å². The standard InChI is InChI=1S/C18H32N4O2/c1-18(2,23-4)14-21-17(19-3)20-13-15(16-9-8-12-24-16)22-10-6-5-7-11-22/h8-9,12,15H,5-7,10-11,13-14H2,1-4H3,(H2,19,20,21). The number of hydrogen-bond donors (Lipinski definition) is 2. The molecule has 0 radical (unpaired) electrons. The Bertz CT molecular complexity index is 493. The lowest BCUT2D eigenvalue weighted by atomic mass is 10.1. The second-order valence-electron chi connectivity index (χ2n) is 6.90. The summed E-state index contributed by atoms with van der Waals surface area (Å²) < 4.78 is 11.1. The molecule has 24 heavy (non-hydrogen) atoms. The zero-order valence-electron chi connectivity index (χ0n) is 15.5. The number of likely N-dealkylation sites (tertiary alicyclic amines) is 1. The van der Waals surface area contributed by atoms with Gasteiger partial charge in [0.25, 0.3) is 0 Å². The van der Waals surface area contributed by atoms with Crippen LogP contribution in [0, 0.1) is 0 Å². The Hall–Kier alpha value is -1.53. The number of guanidine groups is 1. The Morgan fingerprint density at radius 3 is 2.67 bits per heavy atom. The minimum Gasteiger partial charge on any atom is -0.468 e. The molecule has 0 aromatic carbocycles. The van der Waals surface area contributed by atoms with Crippen LogP contribution in [0.1, 0.15) is 44.9 Å². The first-order valence-corrected chi connectivity index (χ1v) is 8.83. The molecule has 1 aromatic rings. The van der Waals surface area contributed by atoms with Crippen LogP contribution in [0.2, 0.25) is 0 Å². The maximum absolute atomic E-state index is 5.68. The van der Waals surface area contributed by atoms with Crippen LogP contribution in [0.15, 0.2) is 27.8 Å². The SMILES string of the molecule is CN=C(NCC(c1ccco1)N1CCCCC1)NCC(C)(C)OC. The fraction of sp³-hybridized carbons (Fsp3) is 0.722. The number of piperidine rings is 1. The van der Waals surface area contributed by atoms with Crippen molar-refractivity contribution in [3.63, 3.8) is 0 Å². The molecule has 6 nitrogen and oxygen atoms in total. The molecule has 136 valence electrons. The van der Waals surface area contributed by atoms with Gasteiger partial charge in [0.05, 0.1) is 17.9 Å². The molecule has 0 spiro atoms. The van der Waals surface area contributed by atoms with E-state index in [9.17, 15) is 0 Å². The maximum atomic E-state index is 5.68. The number of nitrogens with one attached hydrogen (secondary N) is 2. The van der Waals surface area contributed by atoms with Gasteiger partial charge >= 0.3 is 0 Å². The molecule has 0 aliphatic carbocycles. The Morgan fingerprint density at radius 1 is 1.33 bits per heavy atom. The third-order valence-electron chi connectivity index (χ3n) is 4.62. The van der Waals surface area contributed by atoms with Gasteiger partial charge in [0.2, 0.25) is 0 Å². The topological polar surface area (TPSA) is 62.0 Å². The van der Waals surface area contributed by atoms with E-state index in [4.69, 9.17) is 9.15 Å².